The largest absolute Gasteiger partial charge is 0.469 e. The SMILES string of the molecule is COC(=O)CCC(=O)N[C@@H](C)C(=O)N[C@@H](C)C(=O)N1CCC[C@@H]1C(O)N[C@H](C(=O)Nc1ccc2c(CP(=O)(O)O)cc(=O)oc2c1)C(C)C. The Bertz CT molecular complexity index is 1660. The minimum Gasteiger partial charge on any atom is -0.469 e. The van der Waals surface area contributed by atoms with Gasteiger partial charge in [0.25, 0.3) is 0 Å². The Kier molecular flexibility index (Phi) is 13.6. The average molecular weight is 710 g/mol. The number of carbonyl (C=O) groups excluding carboxylic acids is 5. The van der Waals surface area contributed by atoms with Gasteiger partial charge in [-0.1, -0.05) is 13.8 Å². The molecule has 2 heterocycles. The fraction of sp³-hybridized carbons (Fsp3) is 0.548. The summed E-state index contributed by atoms with van der Waals surface area (Å²) in [7, 11) is -3.28. The first-order chi connectivity index (χ1) is 22.9. The lowest BCUT2D eigenvalue weighted by Crippen LogP contribution is -2.59. The monoisotopic (exact) mass is 709 g/mol. The predicted octanol–water partition coefficient (Wildman–Crippen LogP) is 0.295. The smallest absolute Gasteiger partial charge is 0.336 e. The van der Waals surface area contributed by atoms with Gasteiger partial charge >= 0.3 is 19.2 Å². The Morgan fingerprint density at radius 3 is 2.35 bits per heavy atom. The van der Waals surface area contributed by atoms with Crippen LogP contribution in [-0.4, -0.2) is 93.4 Å². The van der Waals surface area contributed by atoms with Crippen molar-refractivity contribution in [1.29, 1.82) is 0 Å². The number of hydrogen-bond donors (Lipinski definition) is 7. The molecule has 18 heteroatoms. The molecular formula is C31H44N5O12P. The molecule has 1 saturated heterocycles. The van der Waals surface area contributed by atoms with Gasteiger partial charge in [-0.2, -0.15) is 0 Å². The number of carbonyl (C=O) groups is 5. The number of rotatable bonds is 15. The Morgan fingerprint density at radius 2 is 1.71 bits per heavy atom. The first-order valence-corrected chi connectivity index (χ1v) is 17.5. The van der Waals surface area contributed by atoms with E-state index in [4.69, 9.17) is 4.42 Å². The first-order valence-electron chi connectivity index (χ1n) is 15.7. The molecule has 1 aliphatic rings. The second kappa shape index (κ2) is 17.0. The van der Waals surface area contributed by atoms with Crippen LogP contribution in [0.5, 0.6) is 0 Å². The lowest BCUT2D eigenvalue weighted by atomic mass is 10.0. The summed E-state index contributed by atoms with van der Waals surface area (Å²) in [5.74, 6) is -3.07. The van der Waals surface area contributed by atoms with Crippen LogP contribution in [0.3, 0.4) is 0 Å². The summed E-state index contributed by atoms with van der Waals surface area (Å²) in [5, 5.41) is 22.1. The molecule has 7 N–H and O–H groups in total. The zero-order valence-electron chi connectivity index (χ0n) is 27.9. The Labute approximate surface area is 282 Å². The van der Waals surface area contributed by atoms with Crippen LogP contribution in [0.4, 0.5) is 5.69 Å². The highest BCUT2D eigenvalue weighted by molar-refractivity contribution is 7.50. The number of likely N-dealkylation sites (tertiary alicyclic amines) is 1. The average Bonchev–Trinajstić information content (AvgIpc) is 3.50. The van der Waals surface area contributed by atoms with Crippen LogP contribution in [-0.2, 0) is 39.4 Å². The highest BCUT2D eigenvalue weighted by atomic mass is 31.2. The van der Waals surface area contributed by atoms with Crippen LogP contribution in [0.1, 0.15) is 58.9 Å². The molecule has 1 unspecified atom stereocenters. The van der Waals surface area contributed by atoms with Crippen molar-refractivity contribution in [3.05, 3.63) is 40.2 Å². The van der Waals surface area contributed by atoms with Gasteiger partial charge in [-0.3, -0.25) is 33.9 Å². The maximum Gasteiger partial charge on any atom is 0.336 e. The Morgan fingerprint density at radius 1 is 1.02 bits per heavy atom. The number of fused-ring (bicyclic) bond motifs is 1. The fourth-order valence-corrected chi connectivity index (χ4v) is 6.19. The first kappa shape index (κ1) is 39.3. The van der Waals surface area contributed by atoms with Crippen molar-refractivity contribution in [1.82, 2.24) is 20.9 Å². The van der Waals surface area contributed by atoms with E-state index < -0.39 is 79.4 Å². The van der Waals surface area contributed by atoms with E-state index in [0.717, 1.165) is 6.07 Å². The maximum absolute atomic E-state index is 13.4. The summed E-state index contributed by atoms with van der Waals surface area (Å²) in [6, 6.07) is 1.64. The number of benzene rings is 1. The Hall–Kier alpha value is -4.15. The molecule has 1 aromatic heterocycles. The summed E-state index contributed by atoms with van der Waals surface area (Å²) in [4.78, 5) is 94.9. The molecule has 49 heavy (non-hydrogen) atoms. The molecule has 0 aliphatic carbocycles. The van der Waals surface area contributed by atoms with Crippen LogP contribution < -0.4 is 26.9 Å². The van der Waals surface area contributed by atoms with E-state index in [0.29, 0.717) is 24.8 Å². The normalized spacial score (nSPS) is 17.2. The quantitative estimate of drug-likeness (QED) is 0.0569. The van der Waals surface area contributed by atoms with Gasteiger partial charge in [0, 0.05) is 36.2 Å². The summed E-state index contributed by atoms with van der Waals surface area (Å²) < 4.78 is 21.2. The van der Waals surface area contributed by atoms with E-state index in [2.05, 4.69) is 26.0 Å². The molecule has 270 valence electrons. The van der Waals surface area contributed by atoms with E-state index in [9.17, 15) is 48.2 Å². The van der Waals surface area contributed by atoms with Crippen LogP contribution >= 0.6 is 7.60 Å². The third kappa shape index (κ3) is 11.2. The van der Waals surface area contributed by atoms with E-state index >= 15 is 0 Å². The van der Waals surface area contributed by atoms with Crippen LogP contribution in [0.15, 0.2) is 33.5 Å². The molecule has 17 nitrogen and oxygen atoms in total. The van der Waals surface area contributed by atoms with Gasteiger partial charge in [0.15, 0.2) is 0 Å². The summed E-state index contributed by atoms with van der Waals surface area (Å²) >= 11 is 0. The van der Waals surface area contributed by atoms with Crippen LogP contribution in [0.2, 0.25) is 0 Å². The molecule has 0 radical (unpaired) electrons. The second-order valence-electron chi connectivity index (χ2n) is 12.3. The number of hydrogen-bond acceptors (Lipinski definition) is 11. The van der Waals surface area contributed by atoms with Gasteiger partial charge in [-0.25, -0.2) is 4.79 Å². The van der Waals surface area contributed by atoms with Gasteiger partial charge in [0.1, 0.15) is 23.9 Å². The zero-order valence-corrected chi connectivity index (χ0v) is 28.8. The molecule has 0 saturated carbocycles. The number of ether oxygens (including phenoxy) is 1. The van der Waals surface area contributed by atoms with Crippen LogP contribution in [0.25, 0.3) is 11.0 Å². The lowest BCUT2D eigenvalue weighted by molar-refractivity contribution is -0.142. The fourth-order valence-electron chi connectivity index (χ4n) is 5.49. The van der Waals surface area contributed by atoms with Gasteiger partial charge in [0.2, 0.25) is 23.6 Å². The topological polar surface area (TPSA) is 254 Å². The van der Waals surface area contributed by atoms with Gasteiger partial charge < -0.3 is 44.9 Å². The van der Waals surface area contributed by atoms with Gasteiger partial charge in [0.05, 0.1) is 31.8 Å². The zero-order chi connectivity index (χ0) is 36.6. The van der Waals surface area contributed by atoms with Crippen molar-refractivity contribution in [2.75, 3.05) is 19.0 Å². The molecule has 0 spiro atoms. The number of nitrogens with zero attached hydrogens (tertiary/aromatic N) is 1. The summed E-state index contributed by atoms with van der Waals surface area (Å²) in [6.07, 6.45) is -1.33. The third-order valence-electron chi connectivity index (χ3n) is 8.00. The van der Waals surface area contributed by atoms with Crippen molar-refractivity contribution in [2.45, 2.75) is 89.9 Å². The van der Waals surface area contributed by atoms with Gasteiger partial charge in [-0.05, 0) is 50.3 Å². The van der Waals surface area contributed by atoms with Crippen molar-refractivity contribution in [3.63, 3.8) is 0 Å². The molecule has 0 bridgehead atoms. The minimum absolute atomic E-state index is 0.0134. The van der Waals surface area contributed by atoms with Crippen molar-refractivity contribution in [2.24, 2.45) is 5.92 Å². The van der Waals surface area contributed by atoms with E-state index in [1.54, 1.807) is 13.8 Å². The second-order valence-corrected chi connectivity index (χ2v) is 13.9. The van der Waals surface area contributed by atoms with Crippen molar-refractivity contribution in [3.8, 4) is 0 Å². The molecule has 2 aromatic rings. The Balaban J connectivity index is 1.64. The standard InChI is InChI=1S/C31H44N5O12P/c1-16(2)27(30(42)34-20-8-9-21-19(15-49(44,45)46)13-26(39)48-23(21)14-20)35-29(41)22-7-6-12-36(22)31(43)18(4)33-28(40)17(3)32-24(37)10-11-25(38)47-5/h8-9,13-14,16-18,22,27,29,35,41H,6-7,10-12,15H2,1-5H3,(H,32,37)(H,33,40)(H,34,42)(H2,44,45,46)/t17-,18-,22+,27-,29?/m0/s1. The lowest BCUT2D eigenvalue weighted by Gasteiger charge is -2.34. The molecule has 3 rings (SSSR count). The van der Waals surface area contributed by atoms with Crippen molar-refractivity contribution < 1.29 is 52.6 Å². The predicted molar refractivity (Wildman–Crippen MR) is 176 cm³/mol. The minimum atomic E-state index is -4.48. The number of amides is 4. The third-order valence-corrected chi connectivity index (χ3v) is 8.76. The number of aliphatic hydroxyl groups is 1. The molecule has 5 atom stereocenters. The van der Waals surface area contributed by atoms with E-state index in [-0.39, 0.29) is 35.6 Å². The van der Waals surface area contributed by atoms with Crippen molar-refractivity contribution >= 4 is 53.9 Å². The number of nitrogens with one attached hydrogen (secondary N) is 4. The number of aliphatic hydroxyl groups excluding tert-OH is 1. The molecule has 4 amide bonds. The molecule has 1 fully saturated rings. The van der Waals surface area contributed by atoms with Crippen LogP contribution in [0, 0.1) is 5.92 Å². The van der Waals surface area contributed by atoms with Gasteiger partial charge in [-0.15, -0.1) is 0 Å². The molecular weight excluding hydrogens is 665 g/mol. The number of esters is 1. The summed E-state index contributed by atoms with van der Waals surface area (Å²) in [5.41, 5.74) is -0.477. The highest BCUT2D eigenvalue weighted by Gasteiger charge is 2.38. The maximum atomic E-state index is 13.4. The van der Waals surface area contributed by atoms with E-state index in [1.807, 2.05) is 0 Å². The van der Waals surface area contributed by atoms with E-state index in [1.165, 1.54) is 44.1 Å². The number of methoxy groups -OCH3 is 1. The number of anilines is 1. The molecule has 1 aliphatic heterocycles. The molecule has 1 aromatic carbocycles. The summed E-state index contributed by atoms with van der Waals surface area (Å²) in [6.45, 7) is 6.72. The highest BCUT2D eigenvalue weighted by Crippen LogP contribution is 2.40.